The molecule has 1 saturated carbocycles. The van der Waals surface area contributed by atoms with E-state index >= 15 is 4.39 Å². The van der Waals surface area contributed by atoms with Gasteiger partial charge in [-0.25, -0.2) is 4.39 Å². The molecule has 1 fully saturated rings. The molecule has 0 spiro atoms. The van der Waals surface area contributed by atoms with Crippen LogP contribution in [0.3, 0.4) is 0 Å². The number of fused-ring (bicyclic) bond motifs is 1. The quantitative estimate of drug-likeness (QED) is 0.219. The second-order valence-corrected chi connectivity index (χ2v) is 10.0. The van der Waals surface area contributed by atoms with E-state index in [4.69, 9.17) is 0 Å². The Labute approximate surface area is 211 Å². The van der Waals surface area contributed by atoms with E-state index in [2.05, 4.69) is 55.3 Å². The fraction of sp³-hybridized carbons (Fsp3) is 0.353. The van der Waals surface area contributed by atoms with Crippen LogP contribution < -0.4 is 0 Å². The third-order valence-electron chi connectivity index (χ3n) is 7.54. The zero-order valence-corrected chi connectivity index (χ0v) is 20.9. The first-order valence-electron chi connectivity index (χ1n) is 13.2. The van der Waals surface area contributed by atoms with Gasteiger partial charge >= 0.3 is 0 Å². The van der Waals surface area contributed by atoms with Crippen LogP contribution in [0.2, 0.25) is 0 Å². The zero-order chi connectivity index (χ0) is 24.5. The van der Waals surface area contributed by atoms with Crippen LogP contribution in [0, 0.1) is 29.5 Å². The number of hydrogen-bond acceptors (Lipinski definition) is 0. The largest absolute Gasteiger partial charge is 0.205 e. The van der Waals surface area contributed by atoms with Gasteiger partial charge in [-0.15, -0.1) is 13.2 Å². The topological polar surface area (TPSA) is 0 Å². The van der Waals surface area contributed by atoms with E-state index in [1.807, 2.05) is 36.4 Å². The third kappa shape index (κ3) is 6.95. The number of hydrogen-bond donors (Lipinski definition) is 0. The minimum absolute atomic E-state index is 0.220. The molecule has 180 valence electrons. The molecule has 0 saturated heterocycles. The van der Waals surface area contributed by atoms with Crippen LogP contribution in [-0.2, 0) is 12.8 Å². The second-order valence-electron chi connectivity index (χ2n) is 10.0. The van der Waals surface area contributed by atoms with Gasteiger partial charge in [0.25, 0.3) is 0 Å². The summed E-state index contributed by atoms with van der Waals surface area (Å²) in [5.41, 5.74) is 3.92. The van der Waals surface area contributed by atoms with Gasteiger partial charge in [0.1, 0.15) is 5.82 Å². The van der Waals surface area contributed by atoms with E-state index in [9.17, 15) is 0 Å². The van der Waals surface area contributed by atoms with Crippen LogP contribution in [0.1, 0.15) is 73.6 Å². The van der Waals surface area contributed by atoms with Crippen LogP contribution in [0.4, 0.5) is 4.39 Å². The van der Waals surface area contributed by atoms with Gasteiger partial charge in [0.2, 0.25) is 0 Å². The average molecular weight is 465 g/mol. The Morgan fingerprint density at radius 1 is 0.743 bits per heavy atom. The average Bonchev–Trinajstić information content (AvgIpc) is 2.90. The lowest BCUT2D eigenvalue weighted by Crippen LogP contribution is -2.15. The highest BCUT2D eigenvalue weighted by atomic mass is 19.1. The summed E-state index contributed by atoms with van der Waals surface area (Å²) in [4.78, 5) is 0. The molecule has 3 aromatic rings. The van der Waals surface area contributed by atoms with Crippen molar-refractivity contribution >= 4 is 10.8 Å². The van der Waals surface area contributed by atoms with Gasteiger partial charge in [-0.1, -0.05) is 86.1 Å². The van der Waals surface area contributed by atoms with Crippen molar-refractivity contribution in [2.24, 2.45) is 11.8 Å². The molecule has 0 amide bonds. The lowest BCUT2D eigenvalue weighted by atomic mass is 9.78. The van der Waals surface area contributed by atoms with Crippen LogP contribution >= 0.6 is 0 Å². The molecule has 35 heavy (non-hydrogen) atoms. The highest BCUT2D eigenvalue weighted by Gasteiger charge is 2.20. The van der Waals surface area contributed by atoms with Crippen LogP contribution in [-0.4, -0.2) is 0 Å². The first-order chi connectivity index (χ1) is 17.2. The molecular weight excluding hydrogens is 427 g/mol. The van der Waals surface area contributed by atoms with Crippen molar-refractivity contribution in [1.29, 1.82) is 0 Å². The molecule has 3 aromatic carbocycles. The van der Waals surface area contributed by atoms with E-state index < -0.39 is 0 Å². The van der Waals surface area contributed by atoms with E-state index in [1.165, 1.54) is 49.7 Å². The van der Waals surface area contributed by atoms with Crippen molar-refractivity contribution in [2.75, 3.05) is 0 Å². The summed E-state index contributed by atoms with van der Waals surface area (Å²) in [6.45, 7) is 7.62. The van der Waals surface area contributed by atoms with Crippen LogP contribution in [0.25, 0.3) is 10.8 Å². The number of rotatable bonds is 9. The Kier molecular flexibility index (Phi) is 8.96. The maximum atomic E-state index is 15.2. The predicted octanol–water partition coefficient (Wildman–Crippen LogP) is 9.20. The van der Waals surface area contributed by atoms with E-state index in [0.717, 1.165) is 48.5 Å². The van der Waals surface area contributed by atoms with E-state index in [0.29, 0.717) is 10.9 Å². The highest BCUT2D eigenvalue weighted by molar-refractivity contribution is 5.85. The molecule has 0 heterocycles. The SMILES string of the molecule is C=CCCc1ccc(C#Cc2ccc3cc(CCC4CCC(CCC=C)CC4)ccc3c2F)cc1. The highest BCUT2D eigenvalue weighted by Crippen LogP contribution is 2.34. The summed E-state index contributed by atoms with van der Waals surface area (Å²) in [5.74, 6) is 7.66. The molecule has 1 aliphatic carbocycles. The van der Waals surface area contributed by atoms with Gasteiger partial charge < -0.3 is 0 Å². The molecule has 1 heteroatoms. The van der Waals surface area contributed by atoms with E-state index in [1.54, 1.807) is 0 Å². The third-order valence-corrected chi connectivity index (χ3v) is 7.54. The number of allylic oxidation sites excluding steroid dienone is 2. The van der Waals surface area contributed by atoms with Gasteiger partial charge in [-0.2, -0.15) is 0 Å². The standard InChI is InChI=1S/C34H37F/c1-3-5-7-26-9-13-28(14-10-26)17-18-30-20-24-33-32(25-30)23-22-31(34(33)35)21-19-29-15-11-27(12-16-29)8-6-4-2/h3-4,11-12,15-16,20,22-26,28H,1-2,5-10,13-14,17-18H2. The first kappa shape index (κ1) is 25.0. The van der Waals surface area contributed by atoms with Gasteiger partial charge in [-0.3, -0.25) is 0 Å². The molecule has 0 N–H and O–H groups in total. The molecule has 0 bridgehead atoms. The van der Waals surface area contributed by atoms with Crippen molar-refractivity contribution in [3.8, 4) is 11.8 Å². The summed E-state index contributed by atoms with van der Waals surface area (Å²) in [5, 5.41) is 1.62. The fourth-order valence-corrected chi connectivity index (χ4v) is 5.29. The fourth-order valence-electron chi connectivity index (χ4n) is 5.29. The lowest BCUT2D eigenvalue weighted by Gasteiger charge is -2.28. The van der Waals surface area contributed by atoms with Crippen molar-refractivity contribution in [3.05, 3.63) is 108 Å². The Morgan fingerprint density at radius 2 is 1.43 bits per heavy atom. The minimum Gasteiger partial charge on any atom is -0.205 e. The number of aryl methyl sites for hydroxylation is 2. The normalized spacial score (nSPS) is 17.5. The summed E-state index contributed by atoms with van der Waals surface area (Å²) < 4.78 is 15.2. The molecule has 1 aliphatic rings. The Hall–Kier alpha value is -3.11. The number of halogens is 1. The summed E-state index contributed by atoms with van der Waals surface area (Å²) in [7, 11) is 0. The van der Waals surface area contributed by atoms with Crippen molar-refractivity contribution < 1.29 is 4.39 Å². The summed E-state index contributed by atoms with van der Waals surface area (Å²) in [6.07, 6.45) is 16.1. The predicted molar refractivity (Wildman–Crippen MR) is 148 cm³/mol. The molecule has 0 aromatic heterocycles. The summed E-state index contributed by atoms with van der Waals surface area (Å²) in [6, 6.07) is 18.2. The van der Waals surface area contributed by atoms with Crippen molar-refractivity contribution in [2.45, 2.75) is 64.2 Å². The molecular formula is C34H37F. The number of benzene rings is 3. The van der Waals surface area contributed by atoms with Gasteiger partial charge in [-0.05, 0) is 85.1 Å². The zero-order valence-electron chi connectivity index (χ0n) is 20.9. The molecule has 0 atom stereocenters. The smallest absolute Gasteiger partial charge is 0.146 e. The Bertz CT molecular complexity index is 1200. The Morgan fingerprint density at radius 3 is 2.14 bits per heavy atom. The van der Waals surface area contributed by atoms with E-state index in [-0.39, 0.29) is 5.82 Å². The van der Waals surface area contributed by atoms with Crippen molar-refractivity contribution in [3.63, 3.8) is 0 Å². The molecule has 0 radical (unpaired) electrons. The van der Waals surface area contributed by atoms with Crippen LogP contribution in [0.5, 0.6) is 0 Å². The molecule has 0 unspecified atom stereocenters. The monoisotopic (exact) mass is 464 g/mol. The lowest BCUT2D eigenvalue weighted by molar-refractivity contribution is 0.254. The summed E-state index contributed by atoms with van der Waals surface area (Å²) >= 11 is 0. The molecule has 4 rings (SSSR count). The first-order valence-corrected chi connectivity index (χ1v) is 13.2. The van der Waals surface area contributed by atoms with Gasteiger partial charge in [0.05, 0.1) is 5.56 Å². The minimum atomic E-state index is -0.220. The maximum absolute atomic E-state index is 15.2. The van der Waals surface area contributed by atoms with Crippen LogP contribution in [0.15, 0.2) is 79.9 Å². The Balaban J connectivity index is 1.37. The van der Waals surface area contributed by atoms with Gasteiger partial charge in [0.15, 0.2) is 0 Å². The van der Waals surface area contributed by atoms with Gasteiger partial charge in [0, 0.05) is 10.9 Å². The second kappa shape index (κ2) is 12.6. The van der Waals surface area contributed by atoms with Crippen molar-refractivity contribution in [1.82, 2.24) is 0 Å². The molecule has 0 nitrogen and oxygen atoms in total. The maximum Gasteiger partial charge on any atom is 0.146 e. The molecule has 0 aliphatic heterocycles.